The summed E-state index contributed by atoms with van der Waals surface area (Å²) in [7, 11) is 0. The Bertz CT molecular complexity index is 1290. The fourth-order valence-electron chi connectivity index (χ4n) is 4.56. The molecule has 0 saturated carbocycles. The van der Waals surface area contributed by atoms with Crippen LogP contribution in [0.5, 0.6) is 0 Å². The normalized spacial score (nSPS) is 16.9. The quantitative estimate of drug-likeness (QED) is 0.545. The van der Waals surface area contributed by atoms with E-state index in [1.807, 2.05) is 6.92 Å². The average molecular weight is 467 g/mol. The second-order valence-corrected chi connectivity index (χ2v) is 11.0. The first-order chi connectivity index (χ1) is 15.6. The zero-order valence-electron chi connectivity index (χ0n) is 19.8. The van der Waals surface area contributed by atoms with E-state index in [2.05, 4.69) is 36.4 Å². The van der Waals surface area contributed by atoms with Crippen molar-refractivity contribution in [2.75, 3.05) is 5.32 Å². The number of hydrogen-bond donors (Lipinski definition) is 1. The van der Waals surface area contributed by atoms with Gasteiger partial charge in [-0.25, -0.2) is 0 Å². The van der Waals surface area contributed by atoms with Gasteiger partial charge in [-0.15, -0.1) is 16.4 Å². The van der Waals surface area contributed by atoms with Gasteiger partial charge in [0.1, 0.15) is 6.04 Å². The van der Waals surface area contributed by atoms with Crippen LogP contribution in [-0.4, -0.2) is 26.7 Å². The van der Waals surface area contributed by atoms with Crippen LogP contribution in [0.25, 0.3) is 10.2 Å². The summed E-state index contributed by atoms with van der Waals surface area (Å²) in [4.78, 5) is 40.1. The first kappa shape index (κ1) is 23.3. The Morgan fingerprint density at radius 1 is 1.30 bits per heavy atom. The zero-order valence-corrected chi connectivity index (χ0v) is 20.6. The largest absolute Gasteiger partial charge is 0.324 e. The highest BCUT2D eigenvalue weighted by molar-refractivity contribution is 7.18. The third-order valence-electron chi connectivity index (χ3n) is 6.65. The molecule has 1 aromatic carbocycles. The molecule has 1 N–H and O–H groups in total. The van der Waals surface area contributed by atoms with E-state index in [9.17, 15) is 14.4 Å². The number of thiophene rings is 1. The molecule has 2 heterocycles. The van der Waals surface area contributed by atoms with Crippen molar-refractivity contribution in [2.45, 2.75) is 66.3 Å². The number of fused-ring (bicyclic) bond motifs is 3. The highest BCUT2D eigenvalue weighted by atomic mass is 32.1. The number of aromatic nitrogens is 3. The summed E-state index contributed by atoms with van der Waals surface area (Å²) in [5.41, 5.74) is 2.05. The highest BCUT2D eigenvalue weighted by Crippen LogP contribution is 2.41. The summed E-state index contributed by atoms with van der Waals surface area (Å²) in [6, 6.07) is 5.97. The standard InChI is InChI=1S/C25H30N4O3S/c1-6-19(22(31)26-17-9-7-8-15(12-17)14(2)30)29-24(32)21-18-11-10-16(25(3,4)5)13-20(18)33-23(21)27-28-29/h7-9,12,16,19H,6,10-11,13H2,1-5H3,(H,26,31). The summed E-state index contributed by atoms with van der Waals surface area (Å²) in [5, 5.41) is 11.9. The molecule has 0 spiro atoms. The predicted octanol–water partition coefficient (Wildman–Crippen LogP) is 4.80. The summed E-state index contributed by atoms with van der Waals surface area (Å²) in [6.45, 7) is 10.1. The van der Waals surface area contributed by atoms with Gasteiger partial charge < -0.3 is 5.32 Å². The van der Waals surface area contributed by atoms with Crippen LogP contribution in [0, 0.1) is 11.3 Å². The van der Waals surface area contributed by atoms with Gasteiger partial charge in [-0.05, 0) is 61.6 Å². The van der Waals surface area contributed by atoms with Crippen LogP contribution in [0.1, 0.15) is 74.3 Å². The first-order valence-electron chi connectivity index (χ1n) is 11.4. The second-order valence-electron chi connectivity index (χ2n) is 9.88. The van der Waals surface area contributed by atoms with Crippen molar-refractivity contribution in [2.24, 2.45) is 11.3 Å². The smallest absolute Gasteiger partial charge is 0.279 e. The minimum absolute atomic E-state index is 0.0818. The third kappa shape index (κ3) is 4.49. The molecule has 174 valence electrons. The molecule has 1 aliphatic carbocycles. The SMILES string of the molecule is CCC(C(=O)Nc1cccc(C(C)=O)c1)n1nnc2sc3c(c2c1=O)CCC(C(C)(C)C)C3. The van der Waals surface area contributed by atoms with Crippen molar-refractivity contribution in [3.8, 4) is 0 Å². The van der Waals surface area contributed by atoms with Crippen molar-refractivity contribution in [1.29, 1.82) is 0 Å². The van der Waals surface area contributed by atoms with Crippen LogP contribution in [0.2, 0.25) is 0 Å². The number of carbonyl (C=O) groups excluding carboxylic acids is 2. The van der Waals surface area contributed by atoms with Crippen molar-refractivity contribution in [3.63, 3.8) is 0 Å². The summed E-state index contributed by atoms with van der Waals surface area (Å²) in [6.07, 6.45) is 3.22. The van der Waals surface area contributed by atoms with E-state index in [0.29, 0.717) is 33.8 Å². The fraction of sp³-hybridized carbons (Fsp3) is 0.480. The first-order valence-corrected chi connectivity index (χ1v) is 12.2. The van der Waals surface area contributed by atoms with Gasteiger partial charge in [-0.2, -0.15) is 4.68 Å². The van der Waals surface area contributed by atoms with Crippen molar-refractivity contribution >= 4 is 38.9 Å². The Balaban J connectivity index is 1.66. The molecule has 2 atom stereocenters. The highest BCUT2D eigenvalue weighted by Gasteiger charge is 2.32. The Hall–Kier alpha value is -2.87. The van der Waals surface area contributed by atoms with E-state index >= 15 is 0 Å². The molecule has 2 unspecified atom stereocenters. The van der Waals surface area contributed by atoms with Crippen molar-refractivity contribution in [1.82, 2.24) is 15.0 Å². The molecular weight excluding hydrogens is 436 g/mol. The van der Waals surface area contributed by atoms with Crippen molar-refractivity contribution < 1.29 is 9.59 Å². The number of ketones is 1. The third-order valence-corrected chi connectivity index (χ3v) is 7.79. The van der Waals surface area contributed by atoms with Gasteiger partial charge in [0, 0.05) is 16.1 Å². The van der Waals surface area contributed by atoms with Gasteiger partial charge in [-0.1, -0.05) is 45.0 Å². The van der Waals surface area contributed by atoms with Gasteiger partial charge in [0.05, 0.1) is 5.39 Å². The number of nitrogens with zero attached hydrogens (tertiary/aromatic N) is 3. The van der Waals surface area contributed by atoms with Crippen LogP contribution in [0.4, 0.5) is 5.69 Å². The molecule has 8 heteroatoms. The monoisotopic (exact) mass is 466 g/mol. The number of amides is 1. The van der Waals surface area contributed by atoms with E-state index in [1.165, 1.54) is 16.5 Å². The second kappa shape index (κ2) is 8.82. The number of anilines is 1. The number of nitrogens with one attached hydrogen (secondary N) is 1. The number of carbonyl (C=O) groups is 2. The summed E-state index contributed by atoms with van der Waals surface area (Å²) < 4.78 is 1.22. The summed E-state index contributed by atoms with van der Waals surface area (Å²) >= 11 is 1.56. The predicted molar refractivity (Wildman–Crippen MR) is 131 cm³/mol. The number of Topliss-reactive ketones (excluding diaryl/α,β-unsaturated/α-hetero) is 1. The molecule has 1 amide bonds. The van der Waals surface area contributed by atoms with Crippen molar-refractivity contribution in [3.05, 3.63) is 50.6 Å². The van der Waals surface area contributed by atoms with E-state index in [-0.39, 0.29) is 22.7 Å². The molecule has 0 saturated heterocycles. The molecule has 1 aliphatic rings. The molecule has 0 radical (unpaired) electrons. The van der Waals surface area contributed by atoms with Crippen LogP contribution < -0.4 is 10.9 Å². The van der Waals surface area contributed by atoms with Crippen LogP contribution in [0.15, 0.2) is 29.1 Å². The Kier molecular flexibility index (Phi) is 6.22. The molecule has 0 bridgehead atoms. The maximum atomic E-state index is 13.5. The van der Waals surface area contributed by atoms with Gasteiger partial charge in [0.2, 0.25) is 5.91 Å². The van der Waals surface area contributed by atoms with E-state index in [0.717, 1.165) is 24.8 Å². The fourth-order valence-corrected chi connectivity index (χ4v) is 5.80. The van der Waals surface area contributed by atoms with Crippen LogP contribution in [0.3, 0.4) is 0 Å². The molecule has 33 heavy (non-hydrogen) atoms. The van der Waals surface area contributed by atoms with Crippen LogP contribution >= 0.6 is 11.3 Å². The molecule has 0 aliphatic heterocycles. The van der Waals surface area contributed by atoms with Gasteiger partial charge >= 0.3 is 0 Å². The zero-order chi connectivity index (χ0) is 23.9. The molecule has 0 fully saturated rings. The molecule has 2 aromatic heterocycles. The average Bonchev–Trinajstić information content (AvgIpc) is 3.14. The lowest BCUT2D eigenvalue weighted by atomic mass is 9.72. The lowest BCUT2D eigenvalue weighted by Crippen LogP contribution is -2.35. The number of benzene rings is 1. The number of hydrogen-bond acceptors (Lipinski definition) is 6. The van der Waals surface area contributed by atoms with E-state index in [4.69, 9.17) is 0 Å². The minimum atomic E-state index is -0.795. The van der Waals surface area contributed by atoms with E-state index < -0.39 is 6.04 Å². The maximum Gasteiger partial charge on any atom is 0.279 e. The molecule has 4 rings (SSSR count). The van der Waals surface area contributed by atoms with Gasteiger partial charge in [-0.3, -0.25) is 14.4 Å². The lowest BCUT2D eigenvalue weighted by molar-refractivity contribution is -0.119. The Labute approximate surface area is 197 Å². The molecule has 7 nitrogen and oxygen atoms in total. The Morgan fingerprint density at radius 2 is 2.06 bits per heavy atom. The lowest BCUT2D eigenvalue weighted by Gasteiger charge is -2.33. The van der Waals surface area contributed by atoms with Gasteiger partial charge in [0.25, 0.3) is 5.56 Å². The van der Waals surface area contributed by atoms with Gasteiger partial charge in [0.15, 0.2) is 10.6 Å². The number of rotatable bonds is 5. The van der Waals surface area contributed by atoms with Crippen LogP contribution in [-0.2, 0) is 17.6 Å². The maximum absolute atomic E-state index is 13.5. The van der Waals surface area contributed by atoms with E-state index in [1.54, 1.807) is 35.6 Å². The summed E-state index contributed by atoms with van der Waals surface area (Å²) in [5.74, 6) is 0.126. The topological polar surface area (TPSA) is 93.9 Å². The number of aryl methyl sites for hydroxylation is 1. The molecular formula is C25H30N4O3S. The Morgan fingerprint density at radius 3 is 2.73 bits per heavy atom. The minimum Gasteiger partial charge on any atom is -0.324 e. The molecule has 3 aromatic rings.